The SMILES string of the molecule is C=CCN1C(=O)[C@@H](CC(=O)Nc2ccccc2Br)SC1=Nc1ccc(OC)cc1. The number of nitrogens with zero attached hydrogens (tertiary/aromatic N) is 2. The minimum Gasteiger partial charge on any atom is -0.497 e. The van der Waals surface area contributed by atoms with E-state index in [1.54, 1.807) is 36.3 Å². The number of halogens is 1. The summed E-state index contributed by atoms with van der Waals surface area (Å²) in [6, 6.07) is 14.6. The van der Waals surface area contributed by atoms with Gasteiger partial charge in [0.1, 0.15) is 11.0 Å². The maximum Gasteiger partial charge on any atom is 0.242 e. The van der Waals surface area contributed by atoms with Crippen LogP contribution >= 0.6 is 27.7 Å². The number of aliphatic imine (C=N–C) groups is 1. The van der Waals surface area contributed by atoms with Crippen molar-refractivity contribution in [3.05, 3.63) is 65.7 Å². The van der Waals surface area contributed by atoms with E-state index in [-0.39, 0.29) is 18.2 Å². The van der Waals surface area contributed by atoms with Gasteiger partial charge in [0.25, 0.3) is 0 Å². The zero-order valence-corrected chi connectivity index (χ0v) is 18.2. The second-order valence-corrected chi connectivity index (χ2v) is 8.19. The number of anilines is 1. The van der Waals surface area contributed by atoms with Crippen LogP contribution in [0.15, 0.2) is 70.7 Å². The van der Waals surface area contributed by atoms with E-state index in [4.69, 9.17) is 4.74 Å². The minimum atomic E-state index is -0.533. The number of thioether (sulfide) groups is 1. The number of carbonyl (C=O) groups is 2. The summed E-state index contributed by atoms with van der Waals surface area (Å²) in [6.45, 7) is 4.05. The number of amidine groups is 1. The number of para-hydroxylation sites is 1. The Kier molecular flexibility index (Phi) is 7.11. The fourth-order valence-electron chi connectivity index (χ4n) is 2.72. The Labute approximate surface area is 182 Å². The van der Waals surface area contributed by atoms with Crippen molar-refractivity contribution in [2.24, 2.45) is 4.99 Å². The molecule has 0 unspecified atom stereocenters. The number of ether oxygens (including phenoxy) is 1. The predicted octanol–water partition coefficient (Wildman–Crippen LogP) is 4.60. The predicted molar refractivity (Wildman–Crippen MR) is 121 cm³/mol. The molecule has 1 fully saturated rings. The molecule has 1 aliphatic heterocycles. The van der Waals surface area contributed by atoms with E-state index in [0.717, 1.165) is 10.2 Å². The van der Waals surface area contributed by atoms with Gasteiger partial charge in [-0.15, -0.1) is 6.58 Å². The van der Waals surface area contributed by atoms with Gasteiger partial charge >= 0.3 is 0 Å². The number of rotatable bonds is 7. The van der Waals surface area contributed by atoms with Crippen LogP contribution < -0.4 is 10.1 Å². The van der Waals surface area contributed by atoms with Gasteiger partial charge in [-0.1, -0.05) is 30.0 Å². The minimum absolute atomic E-state index is 0.0557. The van der Waals surface area contributed by atoms with Crippen molar-refractivity contribution < 1.29 is 14.3 Å². The first kappa shape index (κ1) is 21.1. The topological polar surface area (TPSA) is 71.0 Å². The van der Waals surface area contributed by atoms with Gasteiger partial charge in [0.15, 0.2) is 5.17 Å². The Hall–Kier alpha value is -2.58. The van der Waals surface area contributed by atoms with E-state index < -0.39 is 5.25 Å². The fourth-order valence-corrected chi connectivity index (χ4v) is 4.27. The van der Waals surface area contributed by atoms with Crippen molar-refractivity contribution in [1.29, 1.82) is 0 Å². The molecule has 0 spiro atoms. The van der Waals surface area contributed by atoms with Gasteiger partial charge < -0.3 is 10.1 Å². The normalized spacial score (nSPS) is 17.4. The molecule has 0 saturated carbocycles. The molecule has 2 aromatic carbocycles. The lowest BCUT2D eigenvalue weighted by Gasteiger charge is -2.14. The standard InChI is InChI=1S/C21H20BrN3O3S/c1-3-12-25-20(27)18(13-19(26)24-17-7-5-4-6-16(17)22)29-21(25)23-14-8-10-15(28-2)11-9-14/h3-11,18H,1,12-13H2,2H3,(H,24,26)/t18-/m1/s1. The van der Waals surface area contributed by atoms with Crippen molar-refractivity contribution in [2.75, 3.05) is 19.0 Å². The number of carbonyl (C=O) groups excluding carboxylic acids is 2. The van der Waals surface area contributed by atoms with Crippen molar-refractivity contribution in [3.8, 4) is 5.75 Å². The second-order valence-electron chi connectivity index (χ2n) is 6.17. The summed E-state index contributed by atoms with van der Waals surface area (Å²) in [5.74, 6) is 0.352. The summed E-state index contributed by atoms with van der Waals surface area (Å²) >= 11 is 4.69. The summed E-state index contributed by atoms with van der Waals surface area (Å²) in [6.07, 6.45) is 1.70. The molecule has 150 valence electrons. The summed E-state index contributed by atoms with van der Waals surface area (Å²) in [5.41, 5.74) is 1.37. The molecule has 0 radical (unpaired) electrons. The van der Waals surface area contributed by atoms with Crippen LogP contribution in [0.25, 0.3) is 0 Å². The third kappa shape index (κ3) is 5.27. The largest absolute Gasteiger partial charge is 0.497 e. The number of methoxy groups -OCH3 is 1. The first-order valence-corrected chi connectivity index (χ1v) is 10.5. The van der Waals surface area contributed by atoms with E-state index in [0.29, 0.717) is 23.1 Å². The number of benzene rings is 2. The molecular weight excluding hydrogens is 454 g/mol. The van der Waals surface area contributed by atoms with Crippen molar-refractivity contribution in [2.45, 2.75) is 11.7 Å². The van der Waals surface area contributed by atoms with Gasteiger partial charge in [-0.3, -0.25) is 14.5 Å². The molecule has 2 aromatic rings. The molecule has 8 heteroatoms. The van der Waals surface area contributed by atoms with Gasteiger partial charge in [-0.2, -0.15) is 0 Å². The molecule has 1 aliphatic rings. The first-order chi connectivity index (χ1) is 14.0. The third-order valence-electron chi connectivity index (χ3n) is 4.15. The van der Waals surface area contributed by atoms with Crippen LogP contribution in [0, 0.1) is 0 Å². The molecule has 29 heavy (non-hydrogen) atoms. The highest BCUT2D eigenvalue weighted by Crippen LogP contribution is 2.32. The van der Waals surface area contributed by atoms with Crippen LogP contribution in [-0.4, -0.2) is 40.8 Å². The Morgan fingerprint density at radius 3 is 2.69 bits per heavy atom. The van der Waals surface area contributed by atoms with E-state index in [2.05, 4.69) is 32.8 Å². The summed E-state index contributed by atoms with van der Waals surface area (Å²) in [4.78, 5) is 31.4. The van der Waals surface area contributed by atoms with E-state index in [1.807, 2.05) is 30.3 Å². The Balaban J connectivity index is 1.74. The molecule has 3 rings (SSSR count). The molecule has 0 bridgehead atoms. The highest BCUT2D eigenvalue weighted by atomic mass is 79.9. The van der Waals surface area contributed by atoms with Crippen LogP contribution in [0.1, 0.15) is 6.42 Å². The fraction of sp³-hybridized carbons (Fsp3) is 0.190. The summed E-state index contributed by atoms with van der Waals surface area (Å²) in [5, 5.41) is 2.86. The number of hydrogen-bond acceptors (Lipinski definition) is 5. The van der Waals surface area contributed by atoms with Crippen molar-refractivity contribution >= 4 is 56.0 Å². The Morgan fingerprint density at radius 1 is 1.31 bits per heavy atom. The summed E-state index contributed by atoms with van der Waals surface area (Å²) in [7, 11) is 1.60. The van der Waals surface area contributed by atoms with E-state index >= 15 is 0 Å². The van der Waals surface area contributed by atoms with Crippen LogP contribution in [0.2, 0.25) is 0 Å². The van der Waals surface area contributed by atoms with Crippen LogP contribution in [-0.2, 0) is 9.59 Å². The molecule has 6 nitrogen and oxygen atoms in total. The highest BCUT2D eigenvalue weighted by molar-refractivity contribution is 9.10. The van der Waals surface area contributed by atoms with Gasteiger partial charge in [0, 0.05) is 17.4 Å². The smallest absolute Gasteiger partial charge is 0.242 e. The quantitative estimate of drug-likeness (QED) is 0.596. The molecule has 2 amide bonds. The zero-order chi connectivity index (χ0) is 20.8. The number of hydrogen-bond donors (Lipinski definition) is 1. The average Bonchev–Trinajstić information content (AvgIpc) is 2.99. The number of nitrogens with one attached hydrogen (secondary N) is 1. The lowest BCUT2D eigenvalue weighted by atomic mass is 10.2. The number of amides is 2. The monoisotopic (exact) mass is 473 g/mol. The molecule has 0 aromatic heterocycles. The molecule has 1 heterocycles. The Bertz CT molecular complexity index is 946. The molecule has 1 N–H and O–H groups in total. The van der Waals surface area contributed by atoms with Gasteiger partial charge in [0.05, 0.1) is 18.5 Å². The van der Waals surface area contributed by atoms with Crippen molar-refractivity contribution in [3.63, 3.8) is 0 Å². The zero-order valence-electron chi connectivity index (χ0n) is 15.8. The van der Waals surface area contributed by atoms with Gasteiger partial charge in [0.2, 0.25) is 11.8 Å². The molecule has 0 aliphatic carbocycles. The van der Waals surface area contributed by atoms with Crippen LogP contribution in [0.5, 0.6) is 5.75 Å². The van der Waals surface area contributed by atoms with E-state index in [9.17, 15) is 9.59 Å². The van der Waals surface area contributed by atoms with Crippen LogP contribution in [0.3, 0.4) is 0 Å². The van der Waals surface area contributed by atoms with E-state index in [1.165, 1.54) is 11.8 Å². The van der Waals surface area contributed by atoms with Gasteiger partial charge in [-0.25, -0.2) is 4.99 Å². The summed E-state index contributed by atoms with van der Waals surface area (Å²) < 4.78 is 5.94. The Morgan fingerprint density at radius 2 is 2.03 bits per heavy atom. The van der Waals surface area contributed by atoms with Crippen molar-refractivity contribution in [1.82, 2.24) is 4.90 Å². The van der Waals surface area contributed by atoms with Crippen LogP contribution in [0.4, 0.5) is 11.4 Å². The maximum atomic E-state index is 12.8. The maximum absolute atomic E-state index is 12.8. The lowest BCUT2D eigenvalue weighted by molar-refractivity contribution is -0.127. The molecular formula is C21H20BrN3O3S. The molecule has 1 atom stereocenters. The van der Waals surface area contributed by atoms with Gasteiger partial charge in [-0.05, 0) is 52.3 Å². The lowest BCUT2D eigenvalue weighted by Crippen LogP contribution is -2.33. The molecule has 1 saturated heterocycles. The first-order valence-electron chi connectivity index (χ1n) is 8.88. The second kappa shape index (κ2) is 9.76. The highest BCUT2D eigenvalue weighted by Gasteiger charge is 2.38. The average molecular weight is 474 g/mol. The third-order valence-corrected chi connectivity index (χ3v) is 6.01.